The minimum absolute atomic E-state index is 0.0436. The first-order chi connectivity index (χ1) is 14.0. The molecule has 1 aromatic rings. The summed E-state index contributed by atoms with van der Waals surface area (Å²) in [7, 11) is 0. The number of hydrogen-bond donors (Lipinski definition) is 2. The molecule has 0 fully saturated rings. The van der Waals surface area contributed by atoms with Gasteiger partial charge in [0, 0.05) is 0 Å². The molecule has 1 rings (SSSR count). The molecule has 0 saturated heterocycles. The van der Waals surface area contributed by atoms with E-state index in [1.54, 1.807) is 39.0 Å². The molecule has 0 radical (unpaired) electrons. The van der Waals surface area contributed by atoms with Crippen molar-refractivity contribution in [1.29, 1.82) is 0 Å². The van der Waals surface area contributed by atoms with E-state index in [4.69, 9.17) is 10.2 Å². The van der Waals surface area contributed by atoms with Crippen LogP contribution in [0, 0.1) is 0 Å². The molecule has 0 aliphatic rings. The van der Waals surface area contributed by atoms with Crippen molar-refractivity contribution < 1.29 is 22.4 Å². The molecule has 0 saturated carbocycles. The van der Waals surface area contributed by atoms with Gasteiger partial charge in [-0.25, -0.2) is 0 Å². The summed E-state index contributed by atoms with van der Waals surface area (Å²) in [5, 5.41) is 2.60. The normalized spacial score (nSPS) is 15.7. The van der Waals surface area contributed by atoms with Gasteiger partial charge in [0.2, 0.25) is 0 Å². The van der Waals surface area contributed by atoms with Gasteiger partial charge in [-0.15, -0.1) is 0 Å². The zero-order valence-corrected chi connectivity index (χ0v) is 17.8. The van der Waals surface area contributed by atoms with Crippen molar-refractivity contribution in [3.05, 3.63) is 53.4 Å². The van der Waals surface area contributed by atoms with Crippen molar-refractivity contribution in [1.82, 2.24) is 5.32 Å². The number of carbonyl (C=O) groups excluding carboxylic acids is 1. The number of hydrogen-bond acceptors (Lipinski definition) is 3. The van der Waals surface area contributed by atoms with Crippen LogP contribution in [-0.4, -0.2) is 42.9 Å². The van der Waals surface area contributed by atoms with Crippen molar-refractivity contribution in [2.45, 2.75) is 46.8 Å². The van der Waals surface area contributed by atoms with E-state index in [0.29, 0.717) is 16.6 Å². The number of amides is 1. The van der Waals surface area contributed by atoms with Crippen LogP contribution in [0.3, 0.4) is 0 Å². The first-order valence-electron chi connectivity index (χ1n) is 9.38. The van der Waals surface area contributed by atoms with E-state index >= 15 is 0 Å². The second-order valence-electron chi connectivity index (χ2n) is 6.67. The maximum atomic E-state index is 13.7. The Labute approximate surface area is 175 Å². The fourth-order valence-electron chi connectivity index (χ4n) is 2.61. The standard InChI is InChI=1S/C21H27BF3N3O2/c1-6-16(17-8-9-30-12-17)10-19(21(23,24)25)13(3)22-18(7-2)11-27-20(26)14(4)28-15(5)29/h6-10,12,14H,11H2,1-5H3,(H2,26,27)(H,28,29)/b16-6+,18-7-,19-10+. The van der Waals surface area contributed by atoms with Crippen molar-refractivity contribution in [2.24, 2.45) is 10.7 Å². The van der Waals surface area contributed by atoms with Gasteiger partial charge >= 0.3 is 175 Å². The fraction of sp³-hybridized carbons (Fsp3) is 0.381. The number of aliphatic imine (C=N–C) groups is 1. The van der Waals surface area contributed by atoms with Crippen molar-refractivity contribution >= 4 is 29.7 Å². The first-order valence-corrected chi connectivity index (χ1v) is 9.38. The Morgan fingerprint density at radius 3 is 2.47 bits per heavy atom. The topological polar surface area (TPSA) is 80.6 Å². The molecule has 162 valence electrons. The average Bonchev–Trinajstić information content (AvgIpc) is 3.18. The predicted molar refractivity (Wildman–Crippen MR) is 116 cm³/mol. The summed E-state index contributed by atoms with van der Waals surface area (Å²) >= 11 is 0. The van der Waals surface area contributed by atoms with Crippen LogP contribution < -0.4 is 11.1 Å². The van der Waals surface area contributed by atoms with Crippen LogP contribution in [0.15, 0.2) is 57.3 Å². The number of nitrogens with zero attached hydrogens (tertiary/aromatic N) is 1. The molecular weight excluding hydrogens is 394 g/mol. The molecule has 9 heteroatoms. The molecule has 0 bridgehead atoms. The van der Waals surface area contributed by atoms with Crippen molar-refractivity contribution in [2.75, 3.05) is 6.54 Å². The van der Waals surface area contributed by atoms with Gasteiger partial charge < -0.3 is 0 Å². The van der Waals surface area contributed by atoms with E-state index in [1.165, 1.54) is 33.3 Å². The van der Waals surface area contributed by atoms with Crippen LogP contribution in [-0.2, 0) is 4.79 Å². The van der Waals surface area contributed by atoms with Crippen LogP contribution in [0.4, 0.5) is 13.2 Å². The molecule has 5 nitrogen and oxygen atoms in total. The zero-order valence-electron chi connectivity index (χ0n) is 17.8. The Balaban J connectivity index is 3.18. The molecule has 30 heavy (non-hydrogen) atoms. The number of furan rings is 1. The third-order valence-electron chi connectivity index (χ3n) is 4.28. The van der Waals surface area contributed by atoms with Gasteiger partial charge in [-0.1, -0.05) is 0 Å². The minimum atomic E-state index is -4.54. The van der Waals surface area contributed by atoms with E-state index in [9.17, 15) is 18.0 Å². The molecule has 1 amide bonds. The number of carbonyl (C=O) groups is 1. The van der Waals surface area contributed by atoms with Gasteiger partial charge in [-0.05, 0) is 0 Å². The Morgan fingerprint density at radius 2 is 2.00 bits per heavy atom. The maximum absolute atomic E-state index is 13.7. The number of rotatable bonds is 8. The SMILES string of the molecule is C\C=C(/B=C(C)\C(=C/C(=C\C)c1ccoc1)C(F)(F)F)CN=C(N)C(C)NC(C)=O. The Hall–Kier alpha value is -2.84. The number of nitrogens with one attached hydrogen (secondary N) is 1. The summed E-state index contributed by atoms with van der Waals surface area (Å²) in [6.45, 7) is 9.34. The Bertz CT molecular complexity index is 880. The number of nitrogens with two attached hydrogens (primary N) is 1. The quantitative estimate of drug-likeness (QED) is 0.290. The zero-order chi connectivity index (χ0) is 22.9. The summed E-state index contributed by atoms with van der Waals surface area (Å²) in [5.41, 5.74) is 6.64. The van der Waals surface area contributed by atoms with Crippen LogP contribution >= 0.6 is 0 Å². The monoisotopic (exact) mass is 421 g/mol. The van der Waals surface area contributed by atoms with Crippen LogP contribution in [0.5, 0.6) is 0 Å². The Morgan fingerprint density at radius 1 is 1.33 bits per heavy atom. The molecule has 0 aliphatic carbocycles. The number of alkyl halides is 3. The fourth-order valence-corrected chi connectivity index (χ4v) is 2.61. The Kier molecular flexibility index (Phi) is 9.56. The second kappa shape index (κ2) is 11.4. The van der Waals surface area contributed by atoms with E-state index in [2.05, 4.69) is 10.3 Å². The van der Waals surface area contributed by atoms with Crippen LogP contribution in [0.25, 0.3) is 5.57 Å². The van der Waals surface area contributed by atoms with E-state index in [-0.39, 0.29) is 23.8 Å². The molecule has 1 unspecified atom stereocenters. The molecular formula is C21H27BF3N3O2. The van der Waals surface area contributed by atoms with E-state index in [1.807, 2.05) is 0 Å². The predicted octanol–water partition coefficient (Wildman–Crippen LogP) is 3.85. The molecule has 0 aromatic carbocycles. The van der Waals surface area contributed by atoms with Gasteiger partial charge in [0.25, 0.3) is 0 Å². The van der Waals surface area contributed by atoms with Gasteiger partial charge in [0.05, 0.1) is 0 Å². The molecule has 1 heterocycles. The molecule has 3 N–H and O–H groups in total. The third kappa shape index (κ3) is 7.89. The van der Waals surface area contributed by atoms with E-state index < -0.39 is 17.8 Å². The molecule has 0 aliphatic heterocycles. The van der Waals surface area contributed by atoms with Gasteiger partial charge in [-0.2, -0.15) is 0 Å². The summed E-state index contributed by atoms with van der Waals surface area (Å²) in [6, 6.07) is 1.13. The number of amidine groups is 1. The third-order valence-corrected chi connectivity index (χ3v) is 4.28. The summed E-state index contributed by atoms with van der Waals surface area (Å²) in [6.07, 6.45) is 2.62. The number of halogens is 3. The van der Waals surface area contributed by atoms with Crippen molar-refractivity contribution in [3.8, 4) is 0 Å². The van der Waals surface area contributed by atoms with E-state index in [0.717, 1.165) is 6.08 Å². The summed E-state index contributed by atoms with van der Waals surface area (Å²) < 4.78 is 46.2. The number of allylic oxidation sites excluding steroid dienone is 5. The summed E-state index contributed by atoms with van der Waals surface area (Å²) in [4.78, 5) is 15.3. The van der Waals surface area contributed by atoms with Gasteiger partial charge in [0.15, 0.2) is 0 Å². The second-order valence-corrected chi connectivity index (χ2v) is 6.67. The van der Waals surface area contributed by atoms with Crippen molar-refractivity contribution in [3.63, 3.8) is 0 Å². The molecule has 1 atom stereocenters. The van der Waals surface area contributed by atoms with Gasteiger partial charge in [0.1, 0.15) is 0 Å². The molecule has 1 aromatic heterocycles. The first kappa shape index (κ1) is 25.2. The molecule has 0 spiro atoms. The van der Waals surface area contributed by atoms with Crippen LogP contribution in [0.2, 0.25) is 0 Å². The van der Waals surface area contributed by atoms with Crippen LogP contribution in [0.1, 0.15) is 40.2 Å². The average molecular weight is 421 g/mol. The van der Waals surface area contributed by atoms with Gasteiger partial charge in [-0.3, -0.25) is 0 Å². The summed E-state index contributed by atoms with van der Waals surface area (Å²) in [5.74, 6) is -0.0571.